The van der Waals surface area contributed by atoms with Crippen molar-refractivity contribution >= 4 is 17.7 Å². The van der Waals surface area contributed by atoms with E-state index in [9.17, 15) is 9.59 Å². The molecule has 1 heterocycles. The summed E-state index contributed by atoms with van der Waals surface area (Å²) < 4.78 is 5.09. The lowest BCUT2D eigenvalue weighted by Gasteiger charge is -1.94. The van der Waals surface area contributed by atoms with Crippen molar-refractivity contribution in [2.24, 2.45) is 5.16 Å². The Morgan fingerprint density at radius 2 is 2.13 bits per heavy atom. The van der Waals surface area contributed by atoms with Crippen LogP contribution in [0.5, 0.6) is 5.75 Å². The summed E-state index contributed by atoms with van der Waals surface area (Å²) in [6.45, 7) is 1.19. The molecule has 0 amide bonds. The molecule has 0 bridgehead atoms. The third-order valence-corrected chi connectivity index (χ3v) is 1.79. The number of para-hydroxylation sites is 1. The van der Waals surface area contributed by atoms with Crippen molar-refractivity contribution < 1.29 is 19.2 Å². The zero-order valence-corrected chi connectivity index (χ0v) is 7.89. The molecule has 2 rings (SSSR count). The van der Waals surface area contributed by atoms with Crippen LogP contribution in [0.15, 0.2) is 29.4 Å². The monoisotopic (exact) mass is 205 g/mol. The van der Waals surface area contributed by atoms with Crippen LogP contribution in [0, 0.1) is 0 Å². The molecule has 15 heavy (non-hydrogen) atoms. The van der Waals surface area contributed by atoms with Crippen molar-refractivity contribution in [2.75, 3.05) is 0 Å². The molecule has 1 aliphatic rings. The molecule has 0 atom stereocenters. The minimum atomic E-state index is -0.602. The van der Waals surface area contributed by atoms with Gasteiger partial charge in [0.2, 0.25) is 0 Å². The number of carbonyl (C=O) groups is 2. The van der Waals surface area contributed by atoms with Gasteiger partial charge in [-0.15, -0.1) is 0 Å². The quantitative estimate of drug-likeness (QED) is 0.509. The first-order chi connectivity index (χ1) is 7.18. The number of nitrogens with zero attached hydrogens (tertiary/aromatic N) is 1. The van der Waals surface area contributed by atoms with Crippen LogP contribution in [-0.2, 0) is 9.63 Å². The molecule has 0 aliphatic carbocycles. The third kappa shape index (κ3) is 1.71. The summed E-state index contributed by atoms with van der Waals surface area (Å²) in [5, 5.41) is 3.31. The Hall–Kier alpha value is -2.17. The molecule has 0 unspecified atom stereocenters. The Balaban J connectivity index is 2.27. The van der Waals surface area contributed by atoms with Gasteiger partial charge in [-0.3, -0.25) is 4.79 Å². The van der Waals surface area contributed by atoms with Gasteiger partial charge in [0.25, 0.3) is 5.78 Å². The lowest BCUT2D eigenvalue weighted by atomic mass is 10.1. The first-order valence-electron chi connectivity index (χ1n) is 4.25. The molecule has 0 radical (unpaired) electrons. The van der Waals surface area contributed by atoms with E-state index in [-0.39, 0.29) is 11.7 Å². The number of oxime groups is 1. The highest BCUT2D eigenvalue weighted by Crippen LogP contribution is 2.25. The van der Waals surface area contributed by atoms with Crippen LogP contribution >= 0.6 is 0 Å². The summed E-state index contributed by atoms with van der Waals surface area (Å²) in [5.74, 6) is -0.776. The van der Waals surface area contributed by atoms with Gasteiger partial charge < -0.3 is 9.57 Å². The minimum Gasteiger partial charge on any atom is -0.433 e. The standard InChI is InChI=1S/C10H7NO4/c1-6(12)15-11-10-9(13)7-4-2-3-5-8(7)14-10/h2-5H,1H3/b11-10+. The number of benzene rings is 1. The number of carbonyl (C=O) groups excluding carboxylic acids is 2. The van der Waals surface area contributed by atoms with Gasteiger partial charge in [-0.25, -0.2) is 4.79 Å². The lowest BCUT2D eigenvalue weighted by Crippen LogP contribution is -2.13. The zero-order chi connectivity index (χ0) is 10.8. The van der Waals surface area contributed by atoms with E-state index < -0.39 is 5.97 Å². The summed E-state index contributed by atoms with van der Waals surface area (Å²) in [5.41, 5.74) is 0.420. The maximum atomic E-state index is 11.6. The number of ether oxygens (including phenoxy) is 1. The first kappa shape index (κ1) is 9.39. The molecule has 0 saturated heterocycles. The predicted octanol–water partition coefficient (Wildman–Crippen LogP) is 1.14. The Labute approximate surface area is 85.3 Å². The molecule has 1 aromatic carbocycles. The van der Waals surface area contributed by atoms with Crippen LogP contribution < -0.4 is 4.74 Å². The van der Waals surface area contributed by atoms with E-state index in [1.54, 1.807) is 24.3 Å². The number of ketones is 1. The Bertz CT molecular complexity index is 464. The third-order valence-electron chi connectivity index (χ3n) is 1.79. The second-order valence-electron chi connectivity index (χ2n) is 2.91. The fourth-order valence-electron chi connectivity index (χ4n) is 1.17. The fraction of sp³-hybridized carbons (Fsp3) is 0.100. The molecule has 5 heteroatoms. The molecule has 0 saturated carbocycles. The smallest absolute Gasteiger partial charge is 0.332 e. The van der Waals surface area contributed by atoms with Crippen LogP contribution in [-0.4, -0.2) is 17.7 Å². The van der Waals surface area contributed by atoms with Crippen LogP contribution in [0.1, 0.15) is 17.3 Å². The summed E-state index contributed by atoms with van der Waals surface area (Å²) in [4.78, 5) is 26.4. The molecule has 5 nitrogen and oxygen atoms in total. The van der Waals surface area contributed by atoms with Gasteiger partial charge in [-0.2, -0.15) is 0 Å². The Morgan fingerprint density at radius 3 is 2.80 bits per heavy atom. The predicted molar refractivity (Wildman–Crippen MR) is 50.6 cm³/mol. The summed E-state index contributed by atoms with van der Waals surface area (Å²) >= 11 is 0. The van der Waals surface area contributed by atoms with Gasteiger partial charge in [0.05, 0.1) is 5.56 Å². The molecule has 1 aromatic rings. The van der Waals surface area contributed by atoms with E-state index in [1.165, 1.54) is 6.92 Å². The van der Waals surface area contributed by atoms with E-state index in [4.69, 9.17) is 4.74 Å². The normalized spacial score (nSPS) is 16.1. The lowest BCUT2D eigenvalue weighted by molar-refractivity contribution is -0.141. The highest BCUT2D eigenvalue weighted by Gasteiger charge is 2.29. The maximum absolute atomic E-state index is 11.6. The average molecular weight is 205 g/mol. The van der Waals surface area contributed by atoms with Gasteiger partial charge in [0.1, 0.15) is 5.75 Å². The maximum Gasteiger partial charge on any atom is 0.332 e. The van der Waals surface area contributed by atoms with E-state index in [0.29, 0.717) is 11.3 Å². The summed E-state index contributed by atoms with van der Waals surface area (Å²) in [6.07, 6.45) is 0. The first-order valence-corrected chi connectivity index (χ1v) is 4.25. The SMILES string of the molecule is CC(=O)O/N=C1/Oc2ccccc2C1=O. The van der Waals surface area contributed by atoms with Crippen molar-refractivity contribution in [1.29, 1.82) is 0 Å². The highest BCUT2D eigenvalue weighted by molar-refractivity contribution is 6.46. The average Bonchev–Trinajstić information content (AvgIpc) is 2.54. The molecule has 0 fully saturated rings. The fourth-order valence-corrected chi connectivity index (χ4v) is 1.17. The molecule has 0 N–H and O–H groups in total. The molecule has 0 aromatic heterocycles. The largest absolute Gasteiger partial charge is 0.433 e. The molecular weight excluding hydrogens is 198 g/mol. The van der Waals surface area contributed by atoms with E-state index in [2.05, 4.69) is 9.99 Å². The molecular formula is C10H7NO4. The minimum absolute atomic E-state index is 0.216. The Kier molecular flexibility index (Phi) is 2.21. The van der Waals surface area contributed by atoms with Gasteiger partial charge in [0.15, 0.2) is 0 Å². The number of rotatable bonds is 1. The van der Waals surface area contributed by atoms with Crippen molar-refractivity contribution in [1.82, 2.24) is 0 Å². The van der Waals surface area contributed by atoms with Crippen LogP contribution in [0.25, 0.3) is 0 Å². The number of hydrogen-bond donors (Lipinski definition) is 0. The van der Waals surface area contributed by atoms with Crippen molar-refractivity contribution in [2.45, 2.75) is 6.92 Å². The second kappa shape index (κ2) is 3.53. The summed E-state index contributed by atoms with van der Waals surface area (Å²) in [7, 11) is 0. The molecule has 0 spiro atoms. The molecule has 1 aliphatic heterocycles. The van der Waals surface area contributed by atoms with Gasteiger partial charge in [-0.05, 0) is 17.3 Å². The Morgan fingerprint density at radius 1 is 1.40 bits per heavy atom. The van der Waals surface area contributed by atoms with Gasteiger partial charge in [-0.1, -0.05) is 12.1 Å². The summed E-state index contributed by atoms with van der Waals surface area (Å²) in [6, 6.07) is 6.72. The van der Waals surface area contributed by atoms with Crippen LogP contribution in [0.4, 0.5) is 0 Å². The van der Waals surface area contributed by atoms with Crippen molar-refractivity contribution in [3.05, 3.63) is 29.8 Å². The highest BCUT2D eigenvalue weighted by atomic mass is 16.7. The van der Waals surface area contributed by atoms with Crippen molar-refractivity contribution in [3.63, 3.8) is 0 Å². The van der Waals surface area contributed by atoms with E-state index in [0.717, 1.165) is 0 Å². The van der Waals surface area contributed by atoms with E-state index >= 15 is 0 Å². The van der Waals surface area contributed by atoms with Crippen LogP contribution in [0.2, 0.25) is 0 Å². The molecule has 76 valence electrons. The topological polar surface area (TPSA) is 65.0 Å². The number of fused-ring (bicyclic) bond motifs is 1. The van der Waals surface area contributed by atoms with E-state index in [1.807, 2.05) is 0 Å². The van der Waals surface area contributed by atoms with Crippen molar-refractivity contribution in [3.8, 4) is 5.75 Å². The zero-order valence-electron chi connectivity index (χ0n) is 7.89. The number of hydrogen-bond acceptors (Lipinski definition) is 5. The second-order valence-corrected chi connectivity index (χ2v) is 2.91. The number of Topliss-reactive ketones (excluding diaryl/α,β-unsaturated/α-hetero) is 1. The van der Waals surface area contributed by atoms with Crippen LogP contribution in [0.3, 0.4) is 0 Å². The van der Waals surface area contributed by atoms with Gasteiger partial charge >= 0.3 is 11.9 Å². The van der Waals surface area contributed by atoms with Gasteiger partial charge in [0, 0.05) is 6.92 Å².